The Balaban J connectivity index is 2.14. The molecule has 1 N–H and O–H groups in total. The van der Waals surface area contributed by atoms with Gasteiger partial charge in [-0.3, -0.25) is 4.79 Å². The van der Waals surface area contributed by atoms with Crippen LogP contribution < -0.4 is 5.32 Å². The van der Waals surface area contributed by atoms with Crippen LogP contribution in [0.2, 0.25) is 0 Å². The molecule has 24 heavy (non-hydrogen) atoms. The number of anilines is 1. The molecule has 1 aromatic carbocycles. The van der Waals surface area contributed by atoms with Crippen LogP contribution in [0.3, 0.4) is 0 Å². The lowest BCUT2D eigenvalue weighted by atomic mass is 10.3. The molecular weight excluding hydrogens is 391 g/mol. The van der Waals surface area contributed by atoms with E-state index in [2.05, 4.69) is 31.1 Å². The Morgan fingerprint density at radius 1 is 1.42 bits per heavy atom. The van der Waals surface area contributed by atoms with Crippen molar-refractivity contribution in [2.75, 3.05) is 11.9 Å². The van der Waals surface area contributed by atoms with Crippen molar-refractivity contribution >= 4 is 27.7 Å². The number of ether oxygens (including phenoxy) is 1. The highest BCUT2D eigenvalue weighted by atomic mass is 79.9. The number of aryl methyl sites for hydroxylation is 1. The van der Waals surface area contributed by atoms with Crippen molar-refractivity contribution < 1.29 is 22.7 Å². The maximum atomic E-state index is 12.2. The Morgan fingerprint density at radius 3 is 2.75 bits per heavy atom. The molecule has 0 spiro atoms. The first-order chi connectivity index (χ1) is 11.2. The number of hydrogen-bond acceptors (Lipinski definition) is 3. The highest BCUT2D eigenvalue weighted by Gasteiger charge is 2.30. The molecule has 1 aromatic heterocycles. The van der Waals surface area contributed by atoms with Gasteiger partial charge >= 0.3 is 6.18 Å². The van der Waals surface area contributed by atoms with E-state index in [1.165, 1.54) is 11.6 Å². The highest BCUT2D eigenvalue weighted by molar-refractivity contribution is 9.10. The summed E-state index contributed by atoms with van der Waals surface area (Å²) >= 11 is 3.35. The molecule has 2 aromatic rings. The van der Waals surface area contributed by atoms with Crippen LogP contribution in [0, 0.1) is 6.92 Å². The fourth-order valence-corrected chi connectivity index (χ4v) is 2.30. The largest absolute Gasteiger partial charge is 0.411 e. The molecule has 0 radical (unpaired) electrons. The molecule has 0 fully saturated rings. The van der Waals surface area contributed by atoms with Crippen molar-refractivity contribution in [1.82, 2.24) is 9.78 Å². The van der Waals surface area contributed by atoms with E-state index in [1.54, 1.807) is 31.2 Å². The minimum absolute atomic E-state index is 0.345. The van der Waals surface area contributed by atoms with Gasteiger partial charge in [0.2, 0.25) is 0 Å². The molecular formula is C15H15BrF3N3O2. The third kappa shape index (κ3) is 5.07. The first-order valence-corrected chi connectivity index (χ1v) is 7.77. The Kier molecular flexibility index (Phi) is 5.66. The quantitative estimate of drug-likeness (QED) is 0.821. The molecule has 0 aliphatic carbocycles. The van der Waals surface area contributed by atoms with Crippen LogP contribution in [-0.2, 0) is 9.53 Å². The van der Waals surface area contributed by atoms with Gasteiger partial charge in [-0.15, -0.1) is 0 Å². The van der Waals surface area contributed by atoms with E-state index in [1.807, 2.05) is 6.07 Å². The summed E-state index contributed by atoms with van der Waals surface area (Å²) in [5.41, 5.74) is 1.34. The average molecular weight is 406 g/mol. The number of halogens is 4. The van der Waals surface area contributed by atoms with Crippen LogP contribution in [0.1, 0.15) is 12.6 Å². The van der Waals surface area contributed by atoms with Crippen molar-refractivity contribution in [2.24, 2.45) is 0 Å². The summed E-state index contributed by atoms with van der Waals surface area (Å²) in [6, 6.07) is 8.85. The van der Waals surface area contributed by atoms with Crippen molar-refractivity contribution in [2.45, 2.75) is 26.1 Å². The second-order valence-electron chi connectivity index (χ2n) is 5.12. The Labute approximate surface area is 144 Å². The maximum Gasteiger partial charge on any atom is 0.411 e. The summed E-state index contributed by atoms with van der Waals surface area (Å²) in [5, 5.41) is 6.82. The standard InChI is InChI=1S/C15H15BrF3N3O2/c1-9-6-13(20-14(23)10(2)24-8-15(17,18)19)22(21-9)12-5-3-4-11(16)7-12/h3-7,10H,8H2,1-2H3,(H,20,23). The van der Waals surface area contributed by atoms with Crippen LogP contribution in [0.25, 0.3) is 5.69 Å². The third-order valence-electron chi connectivity index (χ3n) is 3.00. The van der Waals surface area contributed by atoms with E-state index in [4.69, 9.17) is 0 Å². The van der Waals surface area contributed by atoms with Crippen LogP contribution in [0.4, 0.5) is 19.0 Å². The van der Waals surface area contributed by atoms with Gasteiger partial charge in [0.05, 0.1) is 11.4 Å². The number of carbonyl (C=O) groups excluding carboxylic acids is 1. The molecule has 130 valence electrons. The van der Waals surface area contributed by atoms with E-state index < -0.39 is 24.8 Å². The van der Waals surface area contributed by atoms with Crippen LogP contribution in [0.5, 0.6) is 0 Å². The van der Waals surface area contributed by atoms with Gasteiger partial charge in [0, 0.05) is 10.5 Å². The zero-order valence-electron chi connectivity index (χ0n) is 12.9. The van der Waals surface area contributed by atoms with Gasteiger partial charge < -0.3 is 10.1 Å². The van der Waals surface area contributed by atoms with Gasteiger partial charge in [0.15, 0.2) is 0 Å². The van der Waals surface area contributed by atoms with E-state index in [9.17, 15) is 18.0 Å². The number of amides is 1. The number of carbonyl (C=O) groups is 1. The second kappa shape index (κ2) is 7.35. The molecule has 0 saturated carbocycles. The fourth-order valence-electron chi connectivity index (χ4n) is 1.92. The monoisotopic (exact) mass is 405 g/mol. The molecule has 2 rings (SSSR count). The topological polar surface area (TPSA) is 56.1 Å². The number of benzene rings is 1. The van der Waals surface area contributed by atoms with Gasteiger partial charge in [-0.1, -0.05) is 22.0 Å². The Bertz CT molecular complexity index is 731. The number of aromatic nitrogens is 2. The van der Waals surface area contributed by atoms with Crippen molar-refractivity contribution in [3.63, 3.8) is 0 Å². The van der Waals surface area contributed by atoms with Crippen molar-refractivity contribution in [3.8, 4) is 5.69 Å². The van der Waals surface area contributed by atoms with Crippen LogP contribution in [0.15, 0.2) is 34.8 Å². The van der Waals surface area contributed by atoms with Gasteiger partial charge in [-0.2, -0.15) is 18.3 Å². The predicted molar refractivity (Wildman–Crippen MR) is 86.1 cm³/mol. The predicted octanol–water partition coefficient (Wildman–Crippen LogP) is 3.85. The van der Waals surface area contributed by atoms with Gasteiger partial charge in [0.1, 0.15) is 18.5 Å². The number of hydrogen-bond donors (Lipinski definition) is 1. The number of nitrogens with one attached hydrogen (secondary N) is 1. The first-order valence-electron chi connectivity index (χ1n) is 6.97. The van der Waals surface area contributed by atoms with E-state index in [0.29, 0.717) is 17.2 Å². The zero-order chi connectivity index (χ0) is 17.9. The van der Waals surface area contributed by atoms with Crippen LogP contribution in [-0.4, -0.2) is 34.6 Å². The highest BCUT2D eigenvalue weighted by Crippen LogP contribution is 2.21. The minimum atomic E-state index is -4.48. The molecule has 1 atom stereocenters. The van der Waals surface area contributed by atoms with Gasteiger partial charge in [-0.25, -0.2) is 4.68 Å². The third-order valence-corrected chi connectivity index (χ3v) is 3.50. The lowest BCUT2D eigenvalue weighted by Gasteiger charge is -2.15. The van der Waals surface area contributed by atoms with Gasteiger partial charge in [0.25, 0.3) is 5.91 Å². The van der Waals surface area contributed by atoms with Crippen molar-refractivity contribution in [3.05, 3.63) is 40.5 Å². The maximum absolute atomic E-state index is 12.2. The first kappa shape index (κ1) is 18.5. The molecule has 5 nitrogen and oxygen atoms in total. The summed E-state index contributed by atoms with van der Waals surface area (Å²) in [6.07, 6.45) is -5.73. The summed E-state index contributed by atoms with van der Waals surface area (Å²) in [7, 11) is 0. The summed E-state index contributed by atoms with van der Waals surface area (Å²) in [5.74, 6) is -0.339. The molecule has 1 unspecified atom stereocenters. The Morgan fingerprint density at radius 2 is 2.12 bits per heavy atom. The van der Waals surface area contributed by atoms with Crippen LogP contribution >= 0.6 is 15.9 Å². The van der Waals surface area contributed by atoms with Gasteiger partial charge in [-0.05, 0) is 32.0 Å². The molecule has 0 bridgehead atoms. The zero-order valence-corrected chi connectivity index (χ0v) is 14.5. The molecule has 1 heterocycles. The SMILES string of the molecule is Cc1cc(NC(=O)C(C)OCC(F)(F)F)n(-c2cccc(Br)c2)n1. The van der Waals surface area contributed by atoms with E-state index in [-0.39, 0.29) is 0 Å². The smallest absolute Gasteiger partial charge is 0.359 e. The average Bonchev–Trinajstić information content (AvgIpc) is 2.84. The molecule has 0 aliphatic heterocycles. The summed E-state index contributed by atoms with van der Waals surface area (Å²) in [6.45, 7) is 1.52. The summed E-state index contributed by atoms with van der Waals surface area (Å²) < 4.78 is 43.3. The van der Waals surface area contributed by atoms with Crippen molar-refractivity contribution in [1.29, 1.82) is 0 Å². The Hall–Kier alpha value is -1.87. The van der Waals surface area contributed by atoms with E-state index in [0.717, 1.165) is 4.47 Å². The molecule has 9 heteroatoms. The van der Waals surface area contributed by atoms with E-state index >= 15 is 0 Å². The molecule has 0 aliphatic rings. The lowest BCUT2D eigenvalue weighted by Crippen LogP contribution is -2.32. The number of alkyl halides is 3. The normalized spacial score (nSPS) is 12.9. The number of rotatable bonds is 5. The molecule has 0 saturated heterocycles. The summed E-state index contributed by atoms with van der Waals surface area (Å²) in [4.78, 5) is 12.0. The fraction of sp³-hybridized carbons (Fsp3) is 0.333. The second-order valence-corrected chi connectivity index (χ2v) is 6.04. The lowest BCUT2D eigenvalue weighted by molar-refractivity contribution is -0.184. The minimum Gasteiger partial charge on any atom is -0.359 e. The molecule has 1 amide bonds. The number of nitrogens with zero attached hydrogens (tertiary/aromatic N) is 2.